The van der Waals surface area contributed by atoms with E-state index in [0.29, 0.717) is 12.1 Å². The van der Waals surface area contributed by atoms with Crippen molar-refractivity contribution in [2.45, 2.75) is 6.54 Å². The van der Waals surface area contributed by atoms with Gasteiger partial charge in [0, 0.05) is 5.56 Å². The van der Waals surface area contributed by atoms with Crippen LogP contribution in [0.25, 0.3) is 11.3 Å². The number of benzene rings is 2. The quantitative estimate of drug-likeness (QED) is 0.741. The minimum atomic E-state index is 0.558. The third-order valence-electron chi connectivity index (χ3n) is 3.37. The molecule has 0 fully saturated rings. The molecule has 0 bridgehead atoms. The van der Waals surface area contributed by atoms with Crippen molar-refractivity contribution in [1.29, 1.82) is 5.26 Å². The second-order valence-corrected chi connectivity index (χ2v) is 4.82. The fraction of sp³-hybridized carbons (Fsp3) is 0.118. The van der Waals surface area contributed by atoms with Crippen molar-refractivity contribution < 1.29 is 4.74 Å². The Labute approximate surface area is 128 Å². The first-order chi connectivity index (χ1) is 10.8. The number of hydrogen-bond acceptors (Lipinski definition) is 4. The molecule has 1 aromatic heterocycles. The largest absolute Gasteiger partial charge is 0.497 e. The van der Waals surface area contributed by atoms with Gasteiger partial charge in [-0.25, -0.2) is 4.68 Å². The summed E-state index contributed by atoms with van der Waals surface area (Å²) in [5.74, 6) is 0.789. The van der Waals surface area contributed by atoms with Crippen molar-refractivity contribution in [2.24, 2.45) is 0 Å². The summed E-state index contributed by atoms with van der Waals surface area (Å²) >= 11 is 0. The second kappa shape index (κ2) is 6.10. The normalized spacial score (nSPS) is 10.2. The number of nitriles is 1. The molecule has 0 N–H and O–H groups in total. The van der Waals surface area contributed by atoms with E-state index in [1.807, 2.05) is 47.1 Å². The van der Waals surface area contributed by atoms with E-state index in [0.717, 1.165) is 22.6 Å². The van der Waals surface area contributed by atoms with Gasteiger partial charge >= 0.3 is 0 Å². The Hall–Kier alpha value is -3.13. The number of rotatable bonds is 4. The topological polar surface area (TPSA) is 63.7 Å². The van der Waals surface area contributed by atoms with Gasteiger partial charge in [0.2, 0.25) is 0 Å². The Balaban J connectivity index is 1.93. The molecule has 108 valence electrons. The number of methoxy groups -OCH3 is 1. The van der Waals surface area contributed by atoms with Crippen LogP contribution in [0.3, 0.4) is 0 Å². The van der Waals surface area contributed by atoms with Crippen LogP contribution in [0.5, 0.6) is 5.75 Å². The maximum atomic E-state index is 8.98. The predicted molar refractivity (Wildman–Crippen MR) is 82.3 cm³/mol. The molecule has 0 radical (unpaired) electrons. The highest BCUT2D eigenvalue weighted by atomic mass is 16.5. The first-order valence-corrected chi connectivity index (χ1v) is 6.82. The lowest BCUT2D eigenvalue weighted by molar-refractivity contribution is 0.415. The summed E-state index contributed by atoms with van der Waals surface area (Å²) < 4.78 is 7.07. The van der Waals surface area contributed by atoms with Crippen molar-refractivity contribution in [3.05, 3.63) is 65.9 Å². The smallest absolute Gasteiger partial charge is 0.119 e. The lowest BCUT2D eigenvalue weighted by Crippen LogP contribution is -2.04. The molecule has 0 aliphatic heterocycles. The van der Waals surface area contributed by atoms with Crippen molar-refractivity contribution in [3.63, 3.8) is 0 Å². The molecule has 0 amide bonds. The first kappa shape index (κ1) is 13.8. The van der Waals surface area contributed by atoms with Crippen LogP contribution in [-0.2, 0) is 6.54 Å². The van der Waals surface area contributed by atoms with Gasteiger partial charge in [-0.15, -0.1) is 5.10 Å². The van der Waals surface area contributed by atoms with Crippen LogP contribution >= 0.6 is 0 Å². The van der Waals surface area contributed by atoms with Gasteiger partial charge < -0.3 is 4.74 Å². The number of ether oxygens (including phenoxy) is 1. The van der Waals surface area contributed by atoms with Crippen LogP contribution in [-0.4, -0.2) is 22.1 Å². The van der Waals surface area contributed by atoms with Gasteiger partial charge in [0.05, 0.1) is 37.2 Å². The molecule has 0 atom stereocenters. The highest BCUT2D eigenvalue weighted by Gasteiger charge is 2.08. The Morgan fingerprint density at radius 3 is 2.86 bits per heavy atom. The molecule has 3 rings (SSSR count). The monoisotopic (exact) mass is 290 g/mol. The summed E-state index contributed by atoms with van der Waals surface area (Å²) in [5.41, 5.74) is 3.54. The average Bonchev–Trinajstić information content (AvgIpc) is 3.03. The van der Waals surface area contributed by atoms with Crippen LogP contribution < -0.4 is 4.74 Å². The van der Waals surface area contributed by atoms with Crippen molar-refractivity contribution >= 4 is 0 Å². The van der Waals surface area contributed by atoms with Crippen LogP contribution in [0.1, 0.15) is 11.1 Å². The van der Waals surface area contributed by atoms with Gasteiger partial charge in [0.15, 0.2) is 0 Å². The van der Waals surface area contributed by atoms with E-state index < -0.39 is 0 Å². The Bertz CT molecular complexity index is 832. The lowest BCUT2D eigenvalue weighted by Gasteiger charge is -2.08. The molecule has 0 unspecified atom stereocenters. The van der Waals surface area contributed by atoms with E-state index >= 15 is 0 Å². The van der Waals surface area contributed by atoms with E-state index in [1.165, 1.54) is 0 Å². The number of nitrogens with zero attached hydrogens (tertiary/aromatic N) is 4. The molecule has 5 nitrogen and oxygen atoms in total. The first-order valence-electron chi connectivity index (χ1n) is 6.82. The number of aromatic nitrogens is 3. The van der Waals surface area contributed by atoms with Crippen LogP contribution in [0.4, 0.5) is 0 Å². The maximum absolute atomic E-state index is 8.98. The molecule has 0 spiro atoms. The van der Waals surface area contributed by atoms with Crippen LogP contribution in [0.2, 0.25) is 0 Å². The summed E-state index contributed by atoms with van der Waals surface area (Å²) in [6.07, 6.45) is 1.73. The summed E-state index contributed by atoms with van der Waals surface area (Å²) in [6.45, 7) is 0.558. The molecule has 3 aromatic rings. The van der Waals surface area contributed by atoms with Gasteiger partial charge in [0.25, 0.3) is 0 Å². The third-order valence-corrected chi connectivity index (χ3v) is 3.37. The Morgan fingerprint density at radius 1 is 1.18 bits per heavy atom. The van der Waals surface area contributed by atoms with Crippen LogP contribution in [0.15, 0.2) is 54.7 Å². The molecule has 0 saturated heterocycles. The summed E-state index contributed by atoms with van der Waals surface area (Å²) in [5, 5.41) is 17.1. The van der Waals surface area contributed by atoms with Crippen molar-refractivity contribution in [1.82, 2.24) is 15.0 Å². The molecular formula is C17H14N4O. The molecule has 0 saturated carbocycles. The van der Waals surface area contributed by atoms with Gasteiger partial charge in [-0.05, 0) is 29.8 Å². The van der Waals surface area contributed by atoms with Crippen molar-refractivity contribution in [3.8, 4) is 23.1 Å². The summed E-state index contributed by atoms with van der Waals surface area (Å²) in [7, 11) is 1.64. The zero-order valence-corrected chi connectivity index (χ0v) is 12.1. The second-order valence-electron chi connectivity index (χ2n) is 4.82. The minimum absolute atomic E-state index is 0.558. The molecule has 1 heterocycles. The van der Waals surface area contributed by atoms with E-state index in [1.54, 1.807) is 19.4 Å². The highest BCUT2D eigenvalue weighted by molar-refractivity contribution is 5.60. The highest BCUT2D eigenvalue weighted by Crippen LogP contribution is 2.23. The van der Waals surface area contributed by atoms with Gasteiger partial charge in [-0.1, -0.05) is 29.5 Å². The van der Waals surface area contributed by atoms with E-state index in [9.17, 15) is 0 Å². The Kier molecular flexibility index (Phi) is 3.84. The Morgan fingerprint density at radius 2 is 2.05 bits per heavy atom. The van der Waals surface area contributed by atoms with E-state index in [4.69, 9.17) is 10.00 Å². The standard InChI is InChI=1S/C17H14N4O/c1-22-16-7-3-6-15(9-16)17-11-19-20-21(17)12-14-5-2-4-13(8-14)10-18/h2-9,11H,12H2,1H3. The van der Waals surface area contributed by atoms with Gasteiger partial charge in [-0.2, -0.15) is 5.26 Å². The molecule has 2 aromatic carbocycles. The maximum Gasteiger partial charge on any atom is 0.119 e. The lowest BCUT2D eigenvalue weighted by atomic mass is 10.1. The molecular weight excluding hydrogens is 276 g/mol. The van der Waals surface area contributed by atoms with Gasteiger partial charge in [0.1, 0.15) is 5.75 Å². The number of hydrogen-bond donors (Lipinski definition) is 0. The fourth-order valence-electron chi connectivity index (χ4n) is 2.29. The van der Waals surface area contributed by atoms with Crippen molar-refractivity contribution in [2.75, 3.05) is 7.11 Å². The van der Waals surface area contributed by atoms with Crippen LogP contribution in [0, 0.1) is 11.3 Å². The molecule has 22 heavy (non-hydrogen) atoms. The molecule has 0 aliphatic rings. The third kappa shape index (κ3) is 2.81. The van der Waals surface area contributed by atoms with Gasteiger partial charge in [-0.3, -0.25) is 0 Å². The van der Waals surface area contributed by atoms with E-state index in [2.05, 4.69) is 16.4 Å². The van der Waals surface area contributed by atoms with E-state index in [-0.39, 0.29) is 0 Å². The summed E-state index contributed by atoms with van der Waals surface area (Å²) in [4.78, 5) is 0. The zero-order valence-electron chi connectivity index (χ0n) is 12.1. The molecule has 0 aliphatic carbocycles. The summed E-state index contributed by atoms with van der Waals surface area (Å²) in [6, 6.07) is 17.4. The SMILES string of the molecule is COc1cccc(-c2cnnn2Cc2cccc(C#N)c2)c1. The average molecular weight is 290 g/mol. The fourth-order valence-corrected chi connectivity index (χ4v) is 2.29. The predicted octanol–water partition coefficient (Wildman–Crippen LogP) is 2.87. The minimum Gasteiger partial charge on any atom is -0.497 e. The molecule has 5 heteroatoms. The zero-order chi connectivity index (χ0) is 15.4.